The highest BCUT2D eigenvalue weighted by Crippen LogP contribution is 2.52. The second-order valence-electron chi connectivity index (χ2n) is 6.79. The van der Waals surface area contributed by atoms with Crippen LogP contribution in [0.1, 0.15) is 65.2 Å². The lowest BCUT2D eigenvalue weighted by atomic mass is 9.73. The van der Waals surface area contributed by atoms with Crippen molar-refractivity contribution in [1.29, 1.82) is 0 Å². The molecule has 3 rings (SSSR count). The van der Waals surface area contributed by atoms with E-state index in [0.29, 0.717) is 17.6 Å². The van der Waals surface area contributed by atoms with E-state index in [0.717, 1.165) is 6.42 Å². The van der Waals surface area contributed by atoms with Crippen LogP contribution in [0.4, 0.5) is 0 Å². The molecule has 2 saturated carbocycles. The highest BCUT2D eigenvalue weighted by Gasteiger charge is 2.45. The van der Waals surface area contributed by atoms with Crippen LogP contribution in [0.5, 0.6) is 0 Å². The van der Waals surface area contributed by atoms with Gasteiger partial charge in [-0.1, -0.05) is 31.4 Å². The molecule has 0 amide bonds. The number of carbonyl (C=O) groups excluding carboxylic acids is 1. The van der Waals surface area contributed by atoms with Crippen LogP contribution in [0.2, 0.25) is 0 Å². The third kappa shape index (κ3) is 1.70. The third-order valence-electron chi connectivity index (χ3n) is 5.54. The normalized spacial score (nSPS) is 36.5. The summed E-state index contributed by atoms with van der Waals surface area (Å²) in [4.78, 5) is 12.5. The van der Waals surface area contributed by atoms with Gasteiger partial charge in [0.25, 0.3) is 0 Å². The lowest BCUT2D eigenvalue weighted by molar-refractivity contribution is -0.129. The number of allylic oxidation sites excluding steroid dienone is 2. The van der Waals surface area contributed by atoms with E-state index >= 15 is 0 Å². The first-order chi connectivity index (χ1) is 8.10. The van der Waals surface area contributed by atoms with Gasteiger partial charge in [0.15, 0.2) is 0 Å². The Bertz CT molecular complexity index is 375. The van der Waals surface area contributed by atoms with Gasteiger partial charge in [0, 0.05) is 11.8 Å². The van der Waals surface area contributed by atoms with Gasteiger partial charge in [0.2, 0.25) is 0 Å². The third-order valence-corrected chi connectivity index (χ3v) is 5.54. The predicted molar refractivity (Wildman–Crippen MR) is 69.7 cm³/mol. The van der Waals surface area contributed by atoms with Crippen LogP contribution >= 0.6 is 0 Å². The maximum absolute atomic E-state index is 12.5. The summed E-state index contributed by atoms with van der Waals surface area (Å²) in [5.41, 5.74) is 3.35. The molecule has 0 aromatic heterocycles. The summed E-state index contributed by atoms with van der Waals surface area (Å²) in [6, 6.07) is 0. The zero-order chi connectivity index (χ0) is 12.0. The average molecular weight is 232 g/mol. The zero-order valence-corrected chi connectivity index (χ0v) is 11.2. The molecule has 0 unspecified atom stereocenters. The molecule has 17 heavy (non-hydrogen) atoms. The molecular weight excluding hydrogens is 208 g/mol. The zero-order valence-electron chi connectivity index (χ0n) is 11.2. The lowest BCUT2D eigenvalue weighted by Gasteiger charge is -2.30. The minimum Gasteiger partial charge on any atom is -0.299 e. The van der Waals surface area contributed by atoms with Crippen molar-refractivity contribution in [3.05, 3.63) is 11.1 Å². The topological polar surface area (TPSA) is 17.1 Å². The van der Waals surface area contributed by atoms with Crippen molar-refractivity contribution in [1.82, 2.24) is 0 Å². The second kappa shape index (κ2) is 3.96. The second-order valence-corrected chi connectivity index (χ2v) is 6.79. The first kappa shape index (κ1) is 11.5. The first-order valence-corrected chi connectivity index (χ1v) is 7.36. The molecule has 0 spiro atoms. The number of hydrogen-bond donors (Lipinski definition) is 0. The van der Waals surface area contributed by atoms with Crippen LogP contribution < -0.4 is 0 Å². The Balaban J connectivity index is 2.06. The largest absolute Gasteiger partial charge is 0.299 e. The van der Waals surface area contributed by atoms with E-state index in [1.165, 1.54) is 44.9 Å². The molecule has 0 aromatic carbocycles. The molecule has 1 heteroatoms. The minimum atomic E-state index is -0.0871. The molecule has 2 fully saturated rings. The monoisotopic (exact) mass is 232 g/mol. The van der Waals surface area contributed by atoms with Gasteiger partial charge < -0.3 is 0 Å². The summed E-state index contributed by atoms with van der Waals surface area (Å²) in [6.07, 6.45) is 9.94. The minimum absolute atomic E-state index is 0.0871. The summed E-state index contributed by atoms with van der Waals surface area (Å²) in [5.74, 6) is 1.73. The van der Waals surface area contributed by atoms with E-state index in [1.54, 1.807) is 11.1 Å². The van der Waals surface area contributed by atoms with E-state index < -0.39 is 0 Å². The van der Waals surface area contributed by atoms with Gasteiger partial charge in [-0.3, -0.25) is 4.79 Å². The molecular formula is C16H24O. The smallest absolute Gasteiger partial charge is 0.139 e. The van der Waals surface area contributed by atoms with E-state index in [2.05, 4.69) is 13.8 Å². The van der Waals surface area contributed by atoms with E-state index in [9.17, 15) is 4.79 Å². The van der Waals surface area contributed by atoms with Crippen LogP contribution in [0.25, 0.3) is 0 Å². The Hall–Kier alpha value is -0.590. The number of fused-ring (bicyclic) bond motifs is 2. The summed E-state index contributed by atoms with van der Waals surface area (Å²) in [7, 11) is 0. The Morgan fingerprint density at radius 2 is 1.76 bits per heavy atom. The van der Waals surface area contributed by atoms with Gasteiger partial charge in [-0.15, -0.1) is 0 Å². The lowest BCUT2D eigenvalue weighted by Crippen LogP contribution is -2.31. The van der Waals surface area contributed by atoms with E-state index in [4.69, 9.17) is 0 Å². The number of rotatable bonds is 0. The van der Waals surface area contributed by atoms with Crippen LogP contribution in [0, 0.1) is 17.3 Å². The van der Waals surface area contributed by atoms with Crippen molar-refractivity contribution in [3.63, 3.8) is 0 Å². The average Bonchev–Trinajstić information content (AvgIpc) is 2.76. The SMILES string of the molecule is CC1(C)C(=O)C[C@H]2CCCCC2=C2CCC[C@H]21. The quantitative estimate of drug-likeness (QED) is 0.570. The number of carbonyl (C=O) groups is 1. The van der Waals surface area contributed by atoms with Gasteiger partial charge >= 0.3 is 0 Å². The Morgan fingerprint density at radius 1 is 1.00 bits per heavy atom. The Morgan fingerprint density at radius 3 is 2.59 bits per heavy atom. The van der Waals surface area contributed by atoms with Crippen molar-refractivity contribution >= 4 is 5.78 Å². The first-order valence-electron chi connectivity index (χ1n) is 7.36. The molecule has 0 heterocycles. The van der Waals surface area contributed by atoms with Gasteiger partial charge in [-0.2, -0.15) is 0 Å². The van der Waals surface area contributed by atoms with Gasteiger partial charge in [0.1, 0.15) is 5.78 Å². The van der Waals surface area contributed by atoms with Crippen molar-refractivity contribution in [2.45, 2.75) is 65.2 Å². The Labute approximate surface area is 105 Å². The predicted octanol–water partition coefficient (Wildman–Crippen LogP) is 4.27. The maximum atomic E-state index is 12.5. The van der Waals surface area contributed by atoms with Gasteiger partial charge in [-0.25, -0.2) is 0 Å². The van der Waals surface area contributed by atoms with Crippen molar-refractivity contribution in [2.75, 3.05) is 0 Å². The maximum Gasteiger partial charge on any atom is 0.139 e. The molecule has 0 bridgehead atoms. The van der Waals surface area contributed by atoms with Crippen LogP contribution in [0.15, 0.2) is 11.1 Å². The molecule has 3 aliphatic carbocycles. The highest BCUT2D eigenvalue weighted by molar-refractivity contribution is 5.86. The summed E-state index contributed by atoms with van der Waals surface area (Å²) in [5, 5.41) is 0. The fourth-order valence-corrected chi connectivity index (χ4v) is 4.44. The summed E-state index contributed by atoms with van der Waals surface area (Å²) < 4.78 is 0. The molecule has 0 N–H and O–H groups in total. The molecule has 0 aromatic rings. The molecule has 3 aliphatic rings. The van der Waals surface area contributed by atoms with Crippen molar-refractivity contribution in [2.24, 2.45) is 17.3 Å². The number of Topliss-reactive ketones (excluding diaryl/α,β-unsaturated/α-hetero) is 1. The molecule has 2 atom stereocenters. The van der Waals surface area contributed by atoms with Crippen molar-refractivity contribution < 1.29 is 4.79 Å². The fourth-order valence-electron chi connectivity index (χ4n) is 4.44. The van der Waals surface area contributed by atoms with Crippen LogP contribution in [-0.2, 0) is 4.79 Å². The van der Waals surface area contributed by atoms with Crippen molar-refractivity contribution in [3.8, 4) is 0 Å². The van der Waals surface area contributed by atoms with Gasteiger partial charge in [0.05, 0.1) is 0 Å². The standard InChI is InChI=1S/C16H24O/c1-16(2)14-9-5-8-13(14)12-7-4-3-6-11(12)10-15(16)17/h11,14H,3-10H2,1-2H3/t11-,14-/m1/s1. The summed E-state index contributed by atoms with van der Waals surface area (Å²) in [6.45, 7) is 4.40. The molecule has 1 nitrogen and oxygen atoms in total. The molecule has 0 saturated heterocycles. The fraction of sp³-hybridized carbons (Fsp3) is 0.812. The molecule has 0 aliphatic heterocycles. The van der Waals surface area contributed by atoms with E-state index in [1.807, 2.05) is 0 Å². The number of hydrogen-bond acceptors (Lipinski definition) is 1. The van der Waals surface area contributed by atoms with Gasteiger partial charge in [-0.05, 0) is 50.4 Å². The summed E-state index contributed by atoms with van der Waals surface area (Å²) >= 11 is 0. The van der Waals surface area contributed by atoms with Crippen LogP contribution in [-0.4, -0.2) is 5.78 Å². The Kier molecular flexibility index (Phi) is 2.68. The van der Waals surface area contributed by atoms with Crippen LogP contribution in [0.3, 0.4) is 0 Å². The number of ketones is 1. The van der Waals surface area contributed by atoms with E-state index in [-0.39, 0.29) is 5.41 Å². The highest BCUT2D eigenvalue weighted by atomic mass is 16.1. The molecule has 0 radical (unpaired) electrons. The molecule has 94 valence electrons.